The third kappa shape index (κ3) is 1.82. The molecule has 0 unspecified atom stereocenters. The zero-order valence-corrected chi connectivity index (χ0v) is 10.7. The zero-order valence-electron chi connectivity index (χ0n) is 9.85. The summed E-state index contributed by atoms with van der Waals surface area (Å²) in [6.07, 6.45) is 5.60. The van der Waals surface area contributed by atoms with Gasteiger partial charge in [-0.1, -0.05) is 13.8 Å². The minimum Gasteiger partial charge on any atom is -0.244 e. The zero-order chi connectivity index (χ0) is 12.0. The van der Waals surface area contributed by atoms with E-state index in [9.17, 15) is 3.89 Å². The Morgan fingerprint density at radius 1 is 1.41 bits per heavy atom. The van der Waals surface area contributed by atoms with Crippen LogP contribution in [0, 0.1) is 5.41 Å². The van der Waals surface area contributed by atoms with Gasteiger partial charge in [-0.25, -0.2) is 9.67 Å². The molecule has 1 aliphatic carbocycles. The Hall–Kier alpha value is -1.10. The summed E-state index contributed by atoms with van der Waals surface area (Å²) < 4.78 is 14.4. The summed E-state index contributed by atoms with van der Waals surface area (Å²) in [7, 11) is 0. The van der Waals surface area contributed by atoms with Gasteiger partial charge in [-0.05, 0) is 24.3 Å². The van der Waals surface area contributed by atoms with E-state index < -0.39 is 0 Å². The van der Waals surface area contributed by atoms with Crippen LogP contribution in [-0.4, -0.2) is 14.8 Å². The Balaban J connectivity index is 1.96. The maximum absolute atomic E-state index is 12.4. The molecule has 0 bridgehead atoms. The number of hydrogen-bond donors (Lipinski definition) is 0. The number of halogens is 1. The van der Waals surface area contributed by atoms with Crippen molar-refractivity contribution in [3.63, 3.8) is 0 Å². The molecule has 2 aromatic heterocycles. The first kappa shape index (κ1) is 11.0. The lowest BCUT2D eigenvalue weighted by Gasteiger charge is -2.42. The molecule has 0 spiro atoms. The fraction of sp³-hybridized carbons (Fsp3) is 0.500. The normalized spacial score (nSPS) is 19.5. The number of fused-ring (bicyclic) bond motifs is 1. The fourth-order valence-corrected chi connectivity index (χ4v) is 2.88. The fourth-order valence-electron chi connectivity index (χ4n) is 2.62. The van der Waals surface area contributed by atoms with Gasteiger partial charge in [0.2, 0.25) is 0 Å². The molecule has 17 heavy (non-hydrogen) atoms. The SMILES string of the molecule is CC1(C)CC(n2ncc3cc(SF)cnc32)C1. The molecule has 2 heterocycles. The lowest BCUT2D eigenvalue weighted by molar-refractivity contribution is 0.0977. The molecule has 90 valence electrons. The lowest BCUT2D eigenvalue weighted by Crippen LogP contribution is -2.34. The van der Waals surface area contributed by atoms with Crippen molar-refractivity contribution in [2.24, 2.45) is 5.41 Å². The van der Waals surface area contributed by atoms with Crippen LogP contribution in [-0.2, 0) is 0 Å². The number of nitrogens with zero attached hydrogens (tertiary/aromatic N) is 3. The Morgan fingerprint density at radius 3 is 2.82 bits per heavy atom. The van der Waals surface area contributed by atoms with Crippen LogP contribution in [0.3, 0.4) is 0 Å². The Morgan fingerprint density at radius 2 is 2.18 bits per heavy atom. The van der Waals surface area contributed by atoms with Crippen molar-refractivity contribution >= 4 is 23.2 Å². The Bertz CT molecular complexity index is 556. The highest BCUT2D eigenvalue weighted by Gasteiger charge is 2.38. The van der Waals surface area contributed by atoms with Gasteiger partial charge in [0, 0.05) is 11.6 Å². The third-order valence-corrected chi connectivity index (χ3v) is 3.82. The summed E-state index contributed by atoms with van der Waals surface area (Å²) in [5.74, 6) is 0. The summed E-state index contributed by atoms with van der Waals surface area (Å²) >= 11 is 0.221. The molecule has 5 heteroatoms. The summed E-state index contributed by atoms with van der Waals surface area (Å²) in [5.41, 5.74) is 1.28. The minimum absolute atomic E-state index is 0.221. The van der Waals surface area contributed by atoms with Crippen molar-refractivity contribution in [1.82, 2.24) is 14.8 Å². The van der Waals surface area contributed by atoms with Crippen molar-refractivity contribution in [2.45, 2.75) is 37.6 Å². The molecular weight excluding hydrogens is 237 g/mol. The van der Waals surface area contributed by atoms with E-state index in [1.165, 1.54) is 0 Å². The monoisotopic (exact) mass is 251 g/mol. The van der Waals surface area contributed by atoms with E-state index in [4.69, 9.17) is 0 Å². The predicted octanol–water partition coefficient (Wildman–Crippen LogP) is 3.77. The molecule has 0 N–H and O–H groups in total. The quantitative estimate of drug-likeness (QED) is 0.814. The number of hydrogen-bond acceptors (Lipinski definition) is 3. The second-order valence-electron chi connectivity index (χ2n) is 5.48. The van der Waals surface area contributed by atoms with Gasteiger partial charge in [-0.2, -0.15) is 8.98 Å². The van der Waals surface area contributed by atoms with Crippen LogP contribution < -0.4 is 0 Å². The molecule has 2 aromatic rings. The van der Waals surface area contributed by atoms with Gasteiger partial charge in [-0.15, -0.1) is 0 Å². The molecule has 0 amide bonds. The third-order valence-electron chi connectivity index (χ3n) is 3.42. The van der Waals surface area contributed by atoms with Gasteiger partial charge in [0.1, 0.15) is 0 Å². The van der Waals surface area contributed by atoms with Crippen LogP contribution in [0.1, 0.15) is 32.7 Å². The summed E-state index contributed by atoms with van der Waals surface area (Å²) in [6.45, 7) is 4.53. The average Bonchev–Trinajstić information content (AvgIpc) is 2.67. The molecule has 0 aromatic carbocycles. The summed E-state index contributed by atoms with van der Waals surface area (Å²) in [6, 6.07) is 2.24. The van der Waals surface area contributed by atoms with Gasteiger partial charge in [0.15, 0.2) is 5.65 Å². The highest BCUT2D eigenvalue weighted by atomic mass is 32.2. The van der Waals surface area contributed by atoms with Gasteiger partial charge >= 0.3 is 0 Å². The van der Waals surface area contributed by atoms with E-state index in [0.29, 0.717) is 16.4 Å². The van der Waals surface area contributed by atoms with Gasteiger partial charge < -0.3 is 0 Å². The first-order valence-electron chi connectivity index (χ1n) is 5.71. The molecular formula is C12H14FN3S. The van der Waals surface area contributed by atoms with Crippen LogP contribution in [0.4, 0.5) is 3.89 Å². The first-order chi connectivity index (χ1) is 8.09. The first-order valence-corrected chi connectivity index (χ1v) is 6.43. The second-order valence-corrected chi connectivity index (χ2v) is 6.10. The maximum atomic E-state index is 12.4. The van der Waals surface area contributed by atoms with E-state index in [-0.39, 0.29) is 12.1 Å². The van der Waals surface area contributed by atoms with Gasteiger partial charge in [0.25, 0.3) is 0 Å². The van der Waals surface area contributed by atoms with Crippen LogP contribution >= 0.6 is 12.1 Å². The molecule has 1 saturated carbocycles. The molecule has 0 atom stereocenters. The Labute approximate surface area is 104 Å². The topological polar surface area (TPSA) is 30.7 Å². The van der Waals surface area contributed by atoms with Crippen molar-refractivity contribution in [1.29, 1.82) is 0 Å². The van der Waals surface area contributed by atoms with E-state index in [1.54, 1.807) is 18.5 Å². The van der Waals surface area contributed by atoms with E-state index in [0.717, 1.165) is 23.9 Å². The molecule has 3 rings (SSSR count). The standard InChI is InChI=1S/C12H14FN3S/c1-12(2)4-9(5-12)16-11-8(6-15-16)3-10(17-13)7-14-11/h3,6-7,9H,4-5H2,1-2H3. The lowest BCUT2D eigenvalue weighted by atomic mass is 9.68. The summed E-state index contributed by atoms with van der Waals surface area (Å²) in [5, 5.41) is 5.29. The molecule has 1 aliphatic rings. The average molecular weight is 251 g/mol. The highest BCUT2D eigenvalue weighted by molar-refractivity contribution is 7.94. The molecule has 0 radical (unpaired) electrons. The van der Waals surface area contributed by atoms with Crippen LogP contribution in [0.25, 0.3) is 11.0 Å². The largest absolute Gasteiger partial charge is 0.244 e. The Kier molecular flexibility index (Phi) is 2.40. The van der Waals surface area contributed by atoms with Crippen LogP contribution in [0.15, 0.2) is 23.4 Å². The van der Waals surface area contributed by atoms with E-state index in [2.05, 4.69) is 23.9 Å². The van der Waals surface area contributed by atoms with Crippen molar-refractivity contribution in [3.05, 3.63) is 18.5 Å². The molecule has 0 saturated heterocycles. The van der Waals surface area contributed by atoms with Crippen molar-refractivity contribution in [3.8, 4) is 0 Å². The van der Waals surface area contributed by atoms with Crippen LogP contribution in [0.5, 0.6) is 0 Å². The van der Waals surface area contributed by atoms with Crippen molar-refractivity contribution < 1.29 is 3.89 Å². The minimum atomic E-state index is 0.221. The number of rotatable bonds is 2. The van der Waals surface area contributed by atoms with E-state index >= 15 is 0 Å². The summed E-state index contributed by atoms with van der Waals surface area (Å²) in [4.78, 5) is 4.84. The molecule has 0 aliphatic heterocycles. The number of aromatic nitrogens is 3. The van der Waals surface area contributed by atoms with Crippen molar-refractivity contribution in [2.75, 3.05) is 0 Å². The van der Waals surface area contributed by atoms with Gasteiger partial charge in [0.05, 0.1) is 29.3 Å². The van der Waals surface area contributed by atoms with Crippen LogP contribution in [0.2, 0.25) is 0 Å². The number of pyridine rings is 1. The smallest absolute Gasteiger partial charge is 0.158 e. The molecule has 3 nitrogen and oxygen atoms in total. The predicted molar refractivity (Wildman–Crippen MR) is 66.5 cm³/mol. The van der Waals surface area contributed by atoms with Gasteiger partial charge in [-0.3, -0.25) is 0 Å². The van der Waals surface area contributed by atoms with E-state index in [1.807, 2.05) is 4.68 Å². The highest BCUT2D eigenvalue weighted by Crippen LogP contribution is 2.48. The maximum Gasteiger partial charge on any atom is 0.158 e. The molecule has 1 fully saturated rings. The second kappa shape index (κ2) is 3.70.